The van der Waals surface area contributed by atoms with Gasteiger partial charge in [0.05, 0.1) is 0 Å². The van der Waals surface area contributed by atoms with Gasteiger partial charge in [0.15, 0.2) is 0 Å². The Morgan fingerprint density at radius 1 is 1.32 bits per heavy atom. The van der Waals surface area contributed by atoms with Gasteiger partial charge in [-0.1, -0.05) is 18.7 Å². The summed E-state index contributed by atoms with van der Waals surface area (Å²) in [6.07, 6.45) is 5.60. The van der Waals surface area contributed by atoms with E-state index in [9.17, 15) is 4.79 Å². The van der Waals surface area contributed by atoms with Crippen LogP contribution in [0.25, 0.3) is 27.9 Å². The smallest absolute Gasteiger partial charge is 0.336 e. The van der Waals surface area contributed by atoms with Gasteiger partial charge in [0.2, 0.25) is 0 Å². The number of allylic oxidation sites excluding steroid dienone is 2. The molecule has 0 saturated carbocycles. The largest absolute Gasteiger partial charge is 0.423 e. The summed E-state index contributed by atoms with van der Waals surface area (Å²) >= 11 is 0. The molecule has 19 heavy (non-hydrogen) atoms. The zero-order valence-corrected chi connectivity index (χ0v) is 10.6. The zero-order valence-electron chi connectivity index (χ0n) is 10.6. The van der Waals surface area contributed by atoms with E-state index >= 15 is 0 Å². The second kappa shape index (κ2) is 4.28. The van der Waals surface area contributed by atoms with E-state index < -0.39 is 0 Å². The first-order valence-corrected chi connectivity index (χ1v) is 6.04. The topological polar surface area (TPSA) is 46.0 Å². The van der Waals surface area contributed by atoms with Crippen molar-refractivity contribution in [3.8, 4) is 0 Å². The molecule has 0 atom stereocenters. The summed E-state index contributed by atoms with van der Waals surface area (Å²) in [6, 6.07) is 7.12. The van der Waals surface area contributed by atoms with Gasteiger partial charge in [-0.15, -0.1) is 0 Å². The van der Waals surface area contributed by atoms with Crippen LogP contribution in [0.3, 0.4) is 0 Å². The molecule has 0 amide bonds. The van der Waals surface area contributed by atoms with Gasteiger partial charge in [0, 0.05) is 34.1 Å². The van der Waals surface area contributed by atoms with Gasteiger partial charge < -0.3 is 9.40 Å². The van der Waals surface area contributed by atoms with Crippen LogP contribution >= 0.6 is 0 Å². The molecule has 0 aliphatic rings. The standard InChI is InChI=1S/C16H13NO2/c1-3-4-5-13-10(2)12-8-11-6-7-16(18)19-15(11)9-14(12)17-13/h3-9,17H,1H2,2H3/b5-4-. The van der Waals surface area contributed by atoms with Gasteiger partial charge in [-0.3, -0.25) is 0 Å². The molecule has 3 heteroatoms. The van der Waals surface area contributed by atoms with Gasteiger partial charge in [0.25, 0.3) is 0 Å². The lowest BCUT2D eigenvalue weighted by Crippen LogP contribution is -1.93. The number of aromatic nitrogens is 1. The molecule has 0 radical (unpaired) electrons. The molecular weight excluding hydrogens is 238 g/mol. The Morgan fingerprint density at radius 3 is 2.95 bits per heavy atom. The lowest BCUT2D eigenvalue weighted by molar-refractivity contribution is 0.561. The number of aryl methyl sites for hydroxylation is 1. The Labute approximate surface area is 109 Å². The highest BCUT2D eigenvalue weighted by Crippen LogP contribution is 2.27. The lowest BCUT2D eigenvalue weighted by atomic mass is 10.1. The fraction of sp³-hybridized carbons (Fsp3) is 0.0625. The van der Waals surface area contributed by atoms with Crippen LogP contribution in [0.4, 0.5) is 0 Å². The van der Waals surface area contributed by atoms with Gasteiger partial charge in [0.1, 0.15) is 5.58 Å². The van der Waals surface area contributed by atoms with Crippen molar-refractivity contribution in [1.82, 2.24) is 4.98 Å². The van der Waals surface area contributed by atoms with Gasteiger partial charge in [-0.25, -0.2) is 4.79 Å². The molecule has 1 aromatic carbocycles. The van der Waals surface area contributed by atoms with E-state index in [-0.39, 0.29) is 5.63 Å². The molecule has 3 aromatic rings. The number of hydrogen-bond acceptors (Lipinski definition) is 2. The predicted octanol–water partition coefficient (Wildman–Crippen LogP) is 3.78. The Kier molecular flexibility index (Phi) is 2.60. The summed E-state index contributed by atoms with van der Waals surface area (Å²) in [4.78, 5) is 14.5. The van der Waals surface area contributed by atoms with E-state index in [1.54, 1.807) is 12.1 Å². The number of hydrogen-bond donors (Lipinski definition) is 1. The maximum absolute atomic E-state index is 11.2. The SMILES string of the molecule is C=C/C=C\c1[nH]c2cc3oc(=O)ccc3cc2c1C. The lowest BCUT2D eigenvalue weighted by Gasteiger charge is -1.97. The van der Waals surface area contributed by atoms with Crippen molar-refractivity contribution in [3.05, 3.63) is 64.7 Å². The number of rotatable bonds is 2. The van der Waals surface area contributed by atoms with Crippen molar-refractivity contribution in [1.29, 1.82) is 0 Å². The van der Waals surface area contributed by atoms with Crippen LogP contribution in [0, 0.1) is 6.92 Å². The summed E-state index contributed by atoms with van der Waals surface area (Å²) in [5, 5.41) is 2.05. The maximum Gasteiger partial charge on any atom is 0.336 e. The fourth-order valence-corrected chi connectivity index (χ4v) is 2.24. The molecule has 0 aliphatic heterocycles. The van der Waals surface area contributed by atoms with Crippen LogP contribution < -0.4 is 5.63 Å². The van der Waals surface area contributed by atoms with Crippen LogP contribution in [0.1, 0.15) is 11.3 Å². The molecule has 0 fully saturated rings. The molecule has 1 N–H and O–H groups in total. The third-order valence-corrected chi connectivity index (χ3v) is 3.24. The molecule has 0 spiro atoms. The van der Waals surface area contributed by atoms with Crippen LogP contribution in [0.15, 0.2) is 52.2 Å². The second-order valence-corrected chi connectivity index (χ2v) is 4.45. The highest BCUT2D eigenvalue weighted by atomic mass is 16.4. The first-order chi connectivity index (χ1) is 9.19. The van der Waals surface area contributed by atoms with Crippen LogP contribution in [-0.2, 0) is 0 Å². The number of H-pyrrole nitrogens is 1. The van der Waals surface area contributed by atoms with Crippen molar-refractivity contribution in [2.75, 3.05) is 0 Å². The molecule has 94 valence electrons. The van der Waals surface area contributed by atoms with Gasteiger partial charge in [-0.2, -0.15) is 0 Å². The quantitative estimate of drug-likeness (QED) is 0.556. The minimum absolute atomic E-state index is 0.332. The predicted molar refractivity (Wildman–Crippen MR) is 78.3 cm³/mol. The van der Waals surface area contributed by atoms with E-state index in [1.165, 1.54) is 11.6 Å². The number of fused-ring (bicyclic) bond motifs is 2. The summed E-state index contributed by atoms with van der Waals surface area (Å²) in [5.41, 5.74) is 3.43. The second-order valence-electron chi connectivity index (χ2n) is 4.45. The normalized spacial score (nSPS) is 11.6. The van der Waals surface area contributed by atoms with E-state index in [2.05, 4.69) is 18.5 Å². The van der Waals surface area contributed by atoms with Gasteiger partial charge >= 0.3 is 5.63 Å². The maximum atomic E-state index is 11.2. The first-order valence-electron chi connectivity index (χ1n) is 6.04. The van der Waals surface area contributed by atoms with Gasteiger partial charge in [-0.05, 0) is 30.7 Å². The first kappa shape index (κ1) is 11.5. The van der Waals surface area contributed by atoms with E-state index in [1.807, 2.05) is 24.3 Å². The summed E-state index contributed by atoms with van der Waals surface area (Å²) in [7, 11) is 0. The third-order valence-electron chi connectivity index (χ3n) is 3.24. The molecule has 0 saturated heterocycles. The Bertz CT molecular complexity index is 865. The third kappa shape index (κ3) is 1.89. The summed E-state index contributed by atoms with van der Waals surface area (Å²) < 4.78 is 5.19. The average Bonchev–Trinajstić information content (AvgIpc) is 2.70. The van der Waals surface area contributed by atoms with Crippen LogP contribution in [-0.4, -0.2) is 4.98 Å². The number of aromatic amines is 1. The van der Waals surface area contributed by atoms with E-state index in [0.717, 1.165) is 22.0 Å². The minimum Gasteiger partial charge on any atom is -0.423 e. The molecule has 0 unspecified atom stereocenters. The Hall–Kier alpha value is -2.55. The van der Waals surface area contributed by atoms with Crippen molar-refractivity contribution in [2.45, 2.75) is 6.92 Å². The monoisotopic (exact) mass is 251 g/mol. The summed E-state index contributed by atoms with van der Waals surface area (Å²) in [6.45, 7) is 5.73. The number of benzene rings is 1. The highest BCUT2D eigenvalue weighted by Gasteiger charge is 2.08. The molecule has 2 aromatic heterocycles. The molecular formula is C16H13NO2. The molecule has 2 heterocycles. The van der Waals surface area contributed by atoms with Crippen molar-refractivity contribution in [2.24, 2.45) is 0 Å². The van der Waals surface area contributed by atoms with Crippen molar-refractivity contribution < 1.29 is 4.42 Å². The highest BCUT2D eigenvalue weighted by molar-refractivity contribution is 5.97. The van der Waals surface area contributed by atoms with E-state index in [0.29, 0.717) is 5.58 Å². The fourth-order valence-electron chi connectivity index (χ4n) is 2.24. The number of nitrogens with one attached hydrogen (secondary N) is 1. The van der Waals surface area contributed by atoms with Crippen molar-refractivity contribution >= 4 is 27.9 Å². The van der Waals surface area contributed by atoms with E-state index in [4.69, 9.17) is 4.42 Å². The van der Waals surface area contributed by atoms with Crippen LogP contribution in [0.2, 0.25) is 0 Å². The van der Waals surface area contributed by atoms with Crippen LogP contribution in [0.5, 0.6) is 0 Å². The summed E-state index contributed by atoms with van der Waals surface area (Å²) in [5.74, 6) is 0. The molecule has 0 bridgehead atoms. The zero-order chi connectivity index (χ0) is 13.4. The minimum atomic E-state index is -0.332. The molecule has 0 aliphatic carbocycles. The Balaban J connectivity index is 2.34. The Morgan fingerprint density at radius 2 is 2.16 bits per heavy atom. The molecule has 3 nitrogen and oxygen atoms in total. The average molecular weight is 251 g/mol. The van der Waals surface area contributed by atoms with Crippen molar-refractivity contribution in [3.63, 3.8) is 0 Å². The molecule has 3 rings (SSSR count).